The predicted octanol–water partition coefficient (Wildman–Crippen LogP) is 2.18. The molecule has 1 aromatic carbocycles. The summed E-state index contributed by atoms with van der Waals surface area (Å²) >= 11 is 1.57. The van der Waals surface area contributed by atoms with E-state index in [9.17, 15) is 0 Å². The third-order valence-corrected chi connectivity index (χ3v) is 3.08. The first-order valence-corrected chi connectivity index (χ1v) is 5.58. The van der Waals surface area contributed by atoms with Crippen molar-refractivity contribution < 1.29 is 14.6 Å². The van der Waals surface area contributed by atoms with E-state index in [1.54, 1.807) is 26.0 Å². The van der Waals surface area contributed by atoms with E-state index in [-0.39, 0.29) is 11.9 Å². The zero-order chi connectivity index (χ0) is 11.3. The number of aliphatic hydroxyl groups excluding tert-OH is 1. The molecule has 0 heterocycles. The predicted molar refractivity (Wildman–Crippen MR) is 62.0 cm³/mol. The fraction of sp³-hybridized carbons (Fsp3) is 0.455. The van der Waals surface area contributed by atoms with E-state index >= 15 is 0 Å². The highest BCUT2D eigenvalue weighted by Gasteiger charge is 2.09. The maximum atomic E-state index is 8.99. The Hall–Kier alpha value is -0.870. The van der Waals surface area contributed by atoms with E-state index in [0.717, 1.165) is 16.4 Å². The normalized spacial score (nSPS) is 12.3. The van der Waals surface area contributed by atoms with Crippen LogP contribution >= 0.6 is 11.8 Å². The summed E-state index contributed by atoms with van der Waals surface area (Å²) in [5.74, 6) is 1.60. The fourth-order valence-corrected chi connectivity index (χ4v) is 2.09. The van der Waals surface area contributed by atoms with Gasteiger partial charge in [0.1, 0.15) is 11.5 Å². The van der Waals surface area contributed by atoms with Gasteiger partial charge in [-0.05, 0) is 18.2 Å². The van der Waals surface area contributed by atoms with Crippen LogP contribution in [-0.4, -0.2) is 31.2 Å². The molecule has 3 nitrogen and oxygen atoms in total. The summed E-state index contributed by atoms with van der Waals surface area (Å²) in [6.45, 7) is 2.11. The molecule has 4 heteroatoms. The zero-order valence-corrected chi connectivity index (χ0v) is 10.0. The van der Waals surface area contributed by atoms with Gasteiger partial charge >= 0.3 is 0 Å². The van der Waals surface area contributed by atoms with Gasteiger partial charge < -0.3 is 14.6 Å². The van der Waals surface area contributed by atoms with Crippen molar-refractivity contribution in [3.05, 3.63) is 18.2 Å². The first-order valence-electron chi connectivity index (χ1n) is 4.70. The highest BCUT2D eigenvalue weighted by molar-refractivity contribution is 8.00. The Morgan fingerprint density at radius 3 is 2.60 bits per heavy atom. The lowest BCUT2D eigenvalue weighted by Crippen LogP contribution is -2.02. The van der Waals surface area contributed by atoms with Crippen LogP contribution in [0, 0.1) is 0 Å². The molecule has 0 aliphatic heterocycles. The Morgan fingerprint density at radius 1 is 1.33 bits per heavy atom. The molecule has 0 aromatic heterocycles. The first-order chi connectivity index (χ1) is 7.21. The lowest BCUT2D eigenvalue weighted by molar-refractivity contribution is 0.300. The zero-order valence-electron chi connectivity index (χ0n) is 9.19. The Bertz CT molecular complexity index is 315. The SMILES string of the molecule is COc1ccc(OC)c(SC(C)CO)c1. The van der Waals surface area contributed by atoms with Crippen molar-refractivity contribution >= 4 is 11.8 Å². The fourth-order valence-electron chi connectivity index (χ4n) is 1.13. The van der Waals surface area contributed by atoms with Crippen molar-refractivity contribution in [2.45, 2.75) is 17.1 Å². The Labute approximate surface area is 94.4 Å². The van der Waals surface area contributed by atoms with Crippen LogP contribution in [0.1, 0.15) is 6.92 Å². The van der Waals surface area contributed by atoms with Crippen LogP contribution in [0.2, 0.25) is 0 Å². The van der Waals surface area contributed by atoms with Gasteiger partial charge in [-0.2, -0.15) is 0 Å². The number of aliphatic hydroxyl groups is 1. The van der Waals surface area contributed by atoms with Gasteiger partial charge in [0.25, 0.3) is 0 Å². The molecule has 1 atom stereocenters. The van der Waals surface area contributed by atoms with Gasteiger partial charge in [-0.15, -0.1) is 11.8 Å². The molecule has 1 rings (SSSR count). The molecular formula is C11H16O3S. The lowest BCUT2D eigenvalue weighted by atomic mass is 10.3. The molecule has 0 amide bonds. The van der Waals surface area contributed by atoms with Crippen LogP contribution in [0.3, 0.4) is 0 Å². The molecule has 0 bridgehead atoms. The van der Waals surface area contributed by atoms with Gasteiger partial charge in [0.15, 0.2) is 0 Å². The average molecular weight is 228 g/mol. The van der Waals surface area contributed by atoms with Crippen molar-refractivity contribution in [2.24, 2.45) is 0 Å². The molecule has 1 unspecified atom stereocenters. The molecule has 0 saturated heterocycles. The maximum absolute atomic E-state index is 8.99. The summed E-state index contributed by atoms with van der Waals surface area (Å²) in [6.07, 6.45) is 0. The molecule has 0 fully saturated rings. The second kappa shape index (κ2) is 5.88. The Balaban J connectivity index is 2.90. The van der Waals surface area contributed by atoms with Crippen LogP contribution in [0.25, 0.3) is 0 Å². The Kier molecular flexibility index (Phi) is 4.78. The summed E-state index contributed by atoms with van der Waals surface area (Å²) in [5.41, 5.74) is 0. The lowest BCUT2D eigenvalue weighted by Gasteiger charge is -2.12. The number of methoxy groups -OCH3 is 2. The van der Waals surface area contributed by atoms with E-state index in [2.05, 4.69) is 0 Å². The number of hydrogen-bond acceptors (Lipinski definition) is 4. The van der Waals surface area contributed by atoms with Gasteiger partial charge in [-0.3, -0.25) is 0 Å². The number of benzene rings is 1. The standard InChI is InChI=1S/C11H16O3S/c1-8(7-12)15-11-6-9(13-2)4-5-10(11)14-3/h4-6,8,12H,7H2,1-3H3. The van der Waals surface area contributed by atoms with Crippen LogP contribution in [0.4, 0.5) is 0 Å². The molecule has 0 spiro atoms. The van der Waals surface area contributed by atoms with Gasteiger partial charge in [0.2, 0.25) is 0 Å². The summed E-state index contributed by atoms with van der Waals surface area (Å²) in [7, 11) is 3.27. The largest absolute Gasteiger partial charge is 0.497 e. The minimum Gasteiger partial charge on any atom is -0.497 e. The Morgan fingerprint density at radius 2 is 2.07 bits per heavy atom. The maximum Gasteiger partial charge on any atom is 0.132 e. The van der Waals surface area contributed by atoms with E-state index < -0.39 is 0 Å². The molecule has 0 aliphatic carbocycles. The summed E-state index contributed by atoms with van der Waals surface area (Å²) in [6, 6.07) is 5.63. The molecular weight excluding hydrogens is 212 g/mol. The molecule has 0 saturated carbocycles. The second-order valence-electron chi connectivity index (χ2n) is 3.13. The third-order valence-electron chi connectivity index (χ3n) is 1.96. The molecule has 84 valence electrons. The minimum atomic E-state index is 0.144. The number of ether oxygens (including phenoxy) is 2. The van der Waals surface area contributed by atoms with Gasteiger partial charge in [-0.25, -0.2) is 0 Å². The summed E-state index contributed by atoms with van der Waals surface area (Å²) in [5, 5.41) is 9.14. The van der Waals surface area contributed by atoms with E-state index in [4.69, 9.17) is 14.6 Å². The van der Waals surface area contributed by atoms with Crippen molar-refractivity contribution in [1.29, 1.82) is 0 Å². The number of thioether (sulfide) groups is 1. The first kappa shape index (κ1) is 12.2. The van der Waals surface area contributed by atoms with Crippen LogP contribution in [-0.2, 0) is 0 Å². The summed E-state index contributed by atoms with van der Waals surface area (Å²) in [4.78, 5) is 0.985. The monoisotopic (exact) mass is 228 g/mol. The quantitative estimate of drug-likeness (QED) is 0.784. The van der Waals surface area contributed by atoms with Crippen LogP contribution in [0.5, 0.6) is 11.5 Å². The van der Waals surface area contributed by atoms with Crippen LogP contribution < -0.4 is 9.47 Å². The van der Waals surface area contributed by atoms with Gasteiger partial charge in [0, 0.05) is 5.25 Å². The second-order valence-corrected chi connectivity index (χ2v) is 4.61. The highest BCUT2D eigenvalue weighted by atomic mass is 32.2. The van der Waals surface area contributed by atoms with Gasteiger partial charge in [0.05, 0.1) is 25.7 Å². The van der Waals surface area contributed by atoms with Crippen molar-refractivity contribution in [3.63, 3.8) is 0 Å². The molecule has 0 aliphatic rings. The molecule has 15 heavy (non-hydrogen) atoms. The van der Waals surface area contributed by atoms with E-state index in [1.165, 1.54) is 0 Å². The van der Waals surface area contributed by atoms with Crippen LogP contribution in [0.15, 0.2) is 23.1 Å². The van der Waals surface area contributed by atoms with Crippen molar-refractivity contribution in [3.8, 4) is 11.5 Å². The topological polar surface area (TPSA) is 38.7 Å². The number of hydrogen-bond donors (Lipinski definition) is 1. The third kappa shape index (κ3) is 3.32. The van der Waals surface area contributed by atoms with Crippen molar-refractivity contribution in [1.82, 2.24) is 0 Å². The molecule has 1 N–H and O–H groups in total. The smallest absolute Gasteiger partial charge is 0.132 e. The van der Waals surface area contributed by atoms with Crippen molar-refractivity contribution in [2.75, 3.05) is 20.8 Å². The highest BCUT2D eigenvalue weighted by Crippen LogP contribution is 2.34. The van der Waals surface area contributed by atoms with E-state index in [1.807, 2.05) is 25.1 Å². The average Bonchev–Trinajstić information content (AvgIpc) is 2.28. The van der Waals surface area contributed by atoms with E-state index in [0.29, 0.717) is 0 Å². The minimum absolute atomic E-state index is 0.144. The molecule has 0 radical (unpaired) electrons. The molecule has 1 aromatic rings. The number of rotatable bonds is 5. The van der Waals surface area contributed by atoms with Gasteiger partial charge in [-0.1, -0.05) is 6.92 Å². The summed E-state index contributed by atoms with van der Waals surface area (Å²) < 4.78 is 10.4.